The van der Waals surface area contributed by atoms with E-state index < -0.39 is 0 Å². The van der Waals surface area contributed by atoms with Crippen molar-refractivity contribution in [1.29, 1.82) is 0 Å². The molecule has 1 fully saturated rings. The predicted molar refractivity (Wildman–Crippen MR) is 82.1 cm³/mol. The van der Waals surface area contributed by atoms with Crippen LogP contribution >= 0.6 is 11.3 Å². The van der Waals surface area contributed by atoms with Crippen LogP contribution in [0.25, 0.3) is 0 Å². The highest BCUT2D eigenvalue weighted by Crippen LogP contribution is 2.33. The van der Waals surface area contributed by atoms with Gasteiger partial charge in [0.1, 0.15) is 0 Å². The van der Waals surface area contributed by atoms with Crippen molar-refractivity contribution in [3.05, 3.63) is 10.6 Å². The fourth-order valence-corrected chi connectivity index (χ4v) is 4.26. The van der Waals surface area contributed by atoms with Gasteiger partial charge in [0.15, 0.2) is 5.13 Å². The number of piperidine rings is 1. The fourth-order valence-electron chi connectivity index (χ4n) is 3.14. The van der Waals surface area contributed by atoms with Gasteiger partial charge in [0.2, 0.25) is 5.91 Å². The van der Waals surface area contributed by atoms with Crippen LogP contribution < -0.4 is 10.6 Å². The first kappa shape index (κ1) is 14.0. The van der Waals surface area contributed by atoms with Crippen LogP contribution in [0.4, 0.5) is 5.13 Å². The number of hydrogen-bond acceptors (Lipinski definition) is 4. The molecular weight excluding hydrogens is 270 g/mol. The normalized spacial score (nSPS) is 23.4. The van der Waals surface area contributed by atoms with E-state index >= 15 is 0 Å². The van der Waals surface area contributed by atoms with Crippen molar-refractivity contribution in [2.24, 2.45) is 11.8 Å². The molecule has 1 aliphatic heterocycles. The molecule has 0 bridgehead atoms. The summed E-state index contributed by atoms with van der Waals surface area (Å²) in [4.78, 5) is 18.2. The number of nitrogens with one attached hydrogen (secondary N) is 2. The average Bonchev–Trinajstić information content (AvgIpc) is 2.89. The highest BCUT2D eigenvalue weighted by Gasteiger charge is 2.24. The fraction of sp³-hybridized carbons (Fsp3) is 0.733. The maximum Gasteiger partial charge on any atom is 0.229 e. The monoisotopic (exact) mass is 293 g/mol. The van der Waals surface area contributed by atoms with Crippen LogP contribution in [0.15, 0.2) is 0 Å². The van der Waals surface area contributed by atoms with Gasteiger partial charge < -0.3 is 10.6 Å². The van der Waals surface area contributed by atoms with Gasteiger partial charge in [0.05, 0.1) is 5.69 Å². The van der Waals surface area contributed by atoms with Gasteiger partial charge in [-0.2, -0.15) is 0 Å². The molecule has 0 aromatic carbocycles. The van der Waals surface area contributed by atoms with Crippen molar-refractivity contribution in [2.75, 3.05) is 18.4 Å². The Morgan fingerprint density at radius 3 is 2.95 bits per heavy atom. The molecule has 0 saturated carbocycles. The highest BCUT2D eigenvalue weighted by molar-refractivity contribution is 7.15. The Bertz CT molecular complexity index is 479. The lowest BCUT2D eigenvalue weighted by Crippen LogP contribution is -2.34. The number of hydrogen-bond donors (Lipinski definition) is 2. The van der Waals surface area contributed by atoms with E-state index in [-0.39, 0.29) is 11.8 Å². The lowest BCUT2D eigenvalue weighted by molar-refractivity contribution is -0.120. The lowest BCUT2D eigenvalue weighted by atomic mass is 9.89. The van der Waals surface area contributed by atoms with Crippen molar-refractivity contribution in [1.82, 2.24) is 10.3 Å². The van der Waals surface area contributed by atoms with Crippen molar-refractivity contribution in [3.63, 3.8) is 0 Å². The standard InChI is InChI=1S/C15H23N3OS/c1-2-10-3-4-12-13(9-10)20-15(17-12)18-14(19)11-5-7-16-8-6-11/h10-11,16H,2-9H2,1H3,(H,17,18,19). The molecule has 1 saturated heterocycles. The molecule has 5 heteroatoms. The molecule has 1 aromatic rings. The van der Waals surface area contributed by atoms with Gasteiger partial charge in [-0.1, -0.05) is 13.3 Å². The Morgan fingerprint density at radius 2 is 2.20 bits per heavy atom. The third-order valence-corrected chi connectivity index (χ3v) is 5.59. The molecular formula is C15H23N3OS. The number of anilines is 1. The number of thiazole rings is 1. The van der Waals surface area contributed by atoms with Gasteiger partial charge >= 0.3 is 0 Å². The van der Waals surface area contributed by atoms with E-state index in [1.165, 1.54) is 23.4 Å². The Morgan fingerprint density at radius 1 is 1.40 bits per heavy atom. The first-order valence-corrected chi connectivity index (χ1v) is 8.58. The quantitative estimate of drug-likeness (QED) is 0.900. The molecule has 20 heavy (non-hydrogen) atoms. The number of carbonyl (C=O) groups excluding carboxylic acids is 1. The van der Waals surface area contributed by atoms with Crippen LogP contribution in [0.1, 0.15) is 43.2 Å². The SMILES string of the molecule is CCC1CCc2nc(NC(=O)C3CCNCC3)sc2C1. The summed E-state index contributed by atoms with van der Waals surface area (Å²) in [6, 6.07) is 0. The van der Waals surface area contributed by atoms with Gasteiger partial charge in [-0.05, 0) is 51.1 Å². The van der Waals surface area contributed by atoms with E-state index in [0.717, 1.165) is 49.8 Å². The zero-order valence-corrected chi connectivity index (χ0v) is 12.9. The Kier molecular flexibility index (Phi) is 4.36. The third-order valence-electron chi connectivity index (χ3n) is 4.56. The van der Waals surface area contributed by atoms with Crippen molar-refractivity contribution < 1.29 is 4.79 Å². The second-order valence-electron chi connectivity index (χ2n) is 5.92. The van der Waals surface area contributed by atoms with E-state index in [1.54, 1.807) is 11.3 Å². The van der Waals surface area contributed by atoms with E-state index in [1.807, 2.05) is 0 Å². The zero-order valence-electron chi connectivity index (χ0n) is 12.1. The van der Waals surface area contributed by atoms with Gasteiger partial charge in [0.25, 0.3) is 0 Å². The van der Waals surface area contributed by atoms with Crippen LogP contribution in [0.3, 0.4) is 0 Å². The molecule has 1 unspecified atom stereocenters. The van der Waals surface area contributed by atoms with Crippen molar-refractivity contribution in [2.45, 2.75) is 45.4 Å². The highest BCUT2D eigenvalue weighted by atomic mass is 32.1. The summed E-state index contributed by atoms with van der Waals surface area (Å²) in [7, 11) is 0. The molecule has 1 aliphatic carbocycles. The average molecular weight is 293 g/mol. The molecule has 4 nitrogen and oxygen atoms in total. The summed E-state index contributed by atoms with van der Waals surface area (Å²) in [5.74, 6) is 1.11. The molecule has 2 heterocycles. The topological polar surface area (TPSA) is 54.0 Å². The van der Waals surface area contributed by atoms with Crippen LogP contribution in [-0.2, 0) is 17.6 Å². The van der Waals surface area contributed by atoms with E-state index in [4.69, 9.17) is 0 Å². The molecule has 2 N–H and O–H groups in total. The number of carbonyl (C=O) groups is 1. The predicted octanol–water partition coefficient (Wildman–Crippen LogP) is 2.60. The number of amides is 1. The van der Waals surface area contributed by atoms with Crippen LogP contribution in [-0.4, -0.2) is 24.0 Å². The second-order valence-corrected chi connectivity index (χ2v) is 7.00. The summed E-state index contributed by atoms with van der Waals surface area (Å²) >= 11 is 1.69. The van der Waals surface area contributed by atoms with Crippen molar-refractivity contribution >= 4 is 22.4 Å². The molecule has 1 amide bonds. The largest absolute Gasteiger partial charge is 0.317 e. The number of fused-ring (bicyclic) bond motifs is 1. The van der Waals surface area contributed by atoms with E-state index in [0.29, 0.717) is 0 Å². The summed E-state index contributed by atoms with van der Waals surface area (Å²) in [6.45, 7) is 4.16. The van der Waals surface area contributed by atoms with Crippen LogP contribution in [0, 0.1) is 11.8 Å². The number of nitrogens with zero attached hydrogens (tertiary/aromatic N) is 1. The van der Waals surface area contributed by atoms with Crippen LogP contribution in [0.2, 0.25) is 0 Å². The van der Waals surface area contributed by atoms with Gasteiger partial charge in [0, 0.05) is 10.8 Å². The van der Waals surface area contributed by atoms with Crippen LogP contribution in [0.5, 0.6) is 0 Å². The molecule has 3 rings (SSSR count). The minimum absolute atomic E-state index is 0.153. The molecule has 1 atom stereocenters. The number of aryl methyl sites for hydroxylation is 1. The molecule has 1 aromatic heterocycles. The zero-order chi connectivity index (χ0) is 13.9. The summed E-state index contributed by atoms with van der Waals surface area (Å²) < 4.78 is 0. The summed E-state index contributed by atoms with van der Waals surface area (Å²) in [5.41, 5.74) is 1.22. The maximum absolute atomic E-state index is 12.2. The van der Waals surface area contributed by atoms with Gasteiger partial charge in [-0.15, -0.1) is 11.3 Å². The van der Waals surface area contributed by atoms with Crippen molar-refractivity contribution in [3.8, 4) is 0 Å². The maximum atomic E-state index is 12.2. The minimum Gasteiger partial charge on any atom is -0.317 e. The lowest BCUT2D eigenvalue weighted by Gasteiger charge is -2.20. The number of rotatable bonds is 3. The summed E-state index contributed by atoms with van der Waals surface area (Å²) in [5, 5.41) is 7.15. The summed E-state index contributed by atoms with van der Waals surface area (Å²) in [6.07, 6.45) is 6.59. The first-order valence-electron chi connectivity index (χ1n) is 7.76. The van der Waals surface area contributed by atoms with Gasteiger partial charge in [-0.3, -0.25) is 4.79 Å². The Balaban J connectivity index is 1.63. The Labute approximate surface area is 124 Å². The third kappa shape index (κ3) is 3.04. The first-order chi connectivity index (χ1) is 9.76. The Hall–Kier alpha value is -0.940. The van der Waals surface area contributed by atoms with E-state index in [9.17, 15) is 4.79 Å². The number of aromatic nitrogens is 1. The minimum atomic E-state index is 0.153. The van der Waals surface area contributed by atoms with Gasteiger partial charge in [-0.25, -0.2) is 4.98 Å². The second kappa shape index (κ2) is 6.22. The van der Waals surface area contributed by atoms with E-state index in [2.05, 4.69) is 22.5 Å². The smallest absolute Gasteiger partial charge is 0.229 e. The molecule has 110 valence electrons. The molecule has 0 radical (unpaired) electrons. The molecule has 2 aliphatic rings. The molecule has 0 spiro atoms.